The SMILES string of the molecule is Cc1ccc(C)c(CN2C(=O)C(O)=C(C(=O)C(C)(C)C)C2c2cccnc2)c1. The Morgan fingerprint density at radius 3 is 2.54 bits per heavy atom. The van der Waals surface area contributed by atoms with Crippen molar-refractivity contribution in [3.8, 4) is 0 Å². The number of aromatic nitrogens is 1. The first-order chi connectivity index (χ1) is 13.1. The number of carbonyl (C=O) groups is 2. The summed E-state index contributed by atoms with van der Waals surface area (Å²) in [6, 6.07) is 9.00. The lowest BCUT2D eigenvalue weighted by Crippen LogP contribution is -2.32. The third kappa shape index (κ3) is 3.57. The number of benzene rings is 1. The van der Waals surface area contributed by atoms with Crippen LogP contribution in [0.4, 0.5) is 0 Å². The number of aliphatic hydroxyl groups excluding tert-OH is 1. The molecule has 0 bridgehead atoms. The summed E-state index contributed by atoms with van der Waals surface area (Å²) in [6.07, 6.45) is 3.28. The van der Waals surface area contributed by atoms with Gasteiger partial charge >= 0.3 is 0 Å². The summed E-state index contributed by atoms with van der Waals surface area (Å²) in [5, 5.41) is 10.6. The number of aryl methyl sites for hydroxylation is 2. The lowest BCUT2D eigenvalue weighted by atomic mass is 9.82. The van der Waals surface area contributed by atoms with E-state index in [1.54, 1.807) is 44.1 Å². The standard InChI is InChI=1S/C23H26N2O3/c1-14-8-9-15(2)17(11-14)13-25-19(16-7-6-10-24-12-16)18(20(26)22(25)28)21(27)23(3,4)5/h6-12,19,26H,13H2,1-5H3. The molecule has 0 saturated carbocycles. The Morgan fingerprint density at radius 1 is 1.21 bits per heavy atom. The second-order valence-electron chi connectivity index (χ2n) is 8.39. The molecule has 5 nitrogen and oxygen atoms in total. The highest BCUT2D eigenvalue weighted by molar-refractivity contribution is 6.10. The molecule has 0 aliphatic carbocycles. The summed E-state index contributed by atoms with van der Waals surface area (Å²) in [5.41, 5.74) is 3.26. The number of hydrogen-bond donors (Lipinski definition) is 1. The molecule has 1 aromatic heterocycles. The summed E-state index contributed by atoms with van der Waals surface area (Å²) in [6.45, 7) is 9.65. The zero-order valence-electron chi connectivity index (χ0n) is 17.0. The summed E-state index contributed by atoms with van der Waals surface area (Å²) in [5.74, 6) is -1.22. The van der Waals surface area contributed by atoms with Crippen LogP contribution in [0.15, 0.2) is 54.1 Å². The van der Waals surface area contributed by atoms with Crippen molar-refractivity contribution in [1.29, 1.82) is 0 Å². The molecule has 5 heteroatoms. The summed E-state index contributed by atoms with van der Waals surface area (Å²) < 4.78 is 0. The molecule has 1 aliphatic heterocycles. The Labute approximate surface area is 165 Å². The van der Waals surface area contributed by atoms with E-state index in [-0.39, 0.29) is 11.4 Å². The van der Waals surface area contributed by atoms with E-state index < -0.39 is 23.1 Å². The molecular formula is C23H26N2O3. The summed E-state index contributed by atoms with van der Waals surface area (Å²) in [7, 11) is 0. The van der Waals surface area contributed by atoms with Crippen molar-refractivity contribution >= 4 is 11.7 Å². The van der Waals surface area contributed by atoms with Crippen molar-refractivity contribution in [3.63, 3.8) is 0 Å². The quantitative estimate of drug-likeness (QED) is 0.865. The number of nitrogens with zero attached hydrogens (tertiary/aromatic N) is 2. The van der Waals surface area contributed by atoms with Gasteiger partial charge in [-0.05, 0) is 36.6 Å². The number of aliphatic hydroxyl groups is 1. The van der Waals surface area contributed by atoms with Gasteiger partial charge in [0.15, 0.2) is 11.5 Å². The van der Waals surface area contributed by atoms with E-state index in [1.807, 2.05) is 38.1 Å². The van der Waals surface area contributed by atoms with Crippen LogP contribution in [0.3, 0.4) is 0 Å². The van der Waals surface area contributed by atoms with Gasteiger partial charge in [-0.15, -0.1) is 0 Å². The number of ketones is 1. The second kappa shape index (κ2) is 7.23. The minimum Gasteiger partial charge on any atom is -0.503 e. The van der Waals surface area contributed by atoms with Crippen LogP contribution < -0.4 is 0 Å². The monoisotopic (exact) mass is 378 g/mol. The van der Waals surface area contributed by atoms with E-state index in [1.165, 1.54) is 0 Å². The van der Waals surface area contributed by atoms with E-state index in [0.717, 1.165) is 16.7 Å². The third-order valence-electron chi connectivity index (χ3n) is 5.07. The predicted molar refractivity (Wildman–Crippen MR) is 108 cm³/mol. The first-order valence-corrected chi connectivity index (χ1v) is 9.36. The van der Waals surface area contributed by atoms with Crippen LogP contribution in [0.5, 0.6) is 0 Å². The van der Waals surface area contributed by atoms with Crippen molar-refractivity contribution in [1.82, 2.24) is 9.88 Å². The molecule has 146 valence electrons. The average Bonchev–Trinajstić information content (AvgIpc) is 2.89. The number of Topliss-reactive ketones (excluding diaryl/α,β-unsaturated/α-hetero) is 1. The van der Waals surface area contributed by atoms with Gasteiger partial charge in [-0.1, -0.05) is 50.6 Å². The Hall–Kier alpha value is -2.95. The molecule has 1 atom stereocenters. The Morgan fingerprint density at radius 2 is 1.93 bits per heavy atom. The topological polar surface area (TPSA) is 70.5 Å². The highest BCUT2D eigenvalue weighted by atomic mass is 16.3. The number of amides is 1. The molecule has 2 aromatic rings. The lowest BCUT2D eigenvalue weighted by Gasteiger charge is -2.29. The maximum atomic E-state index is 13.1. The minimum absolute atomic E-state index is 0.149. The Bertz CT molecular complexity index is 956. The molecule has 1 aromatic carbocycles. The molecule has 0 spiro atoms. The zero-order valence-corrected chi connectivity index (χ0v) is 17.0. The van der Waals surface area contributed by atoms with E-state index in [0.29, 0.717) is 12.1 Å². The molecule has 0 radical (unpaired) electrons. The van der Waals surface area contributed by atoms with Crippen LogP contribution in [-0.4, -0.2) is 26.7 Å². The molecule has 1 amide bonds. The van der Waals surface area contributed by atoms with Gasteiger partial charge in [0.2, 0.25) is 0 Å². The highest BCUT2D eigenvalue weighted by Gasteiger charge is 2.46. The van der Waals surface area contributed by atoms with Gasteiger partial charge in [-0.3, -0.25) is 14.6 Å². The van der Waals surface area contributed by atoms with Gasteiger partial charge in [0, 0.05) is 24.4 Å². The maximum absolute atomic E-state index is 13.1. The fourth-order valence-electron chi connectivity index (χ4n) is 3.49. The van der Waals surface area contributed by atoms with Crippen molar-refractivity contribution in [3.05, 3.63) is 76.3 Å². The first-order valence-electron chi connectivity index (χ1n) is 9.36. The van der Waals surface area contributed by atoms with Gasteiger partial charge in [-0.25, -0.2) is 0 Å². The largest absolute Gasteiger partial charge is 0.503 e. The molecule has 1 unspecified atom stereocenters. The molecule has 28 heavy (non-hydrogen) atoms. The predicted octanol–water partition coefficient (Wildman–Crippen LogP) is 4.21. The van der Waals surface area contributed by atoms with Crippen molar-refractivity contribution < 1.29 is 14.7 Å². The van der Waals surface area contributed by atoms with Crippen LogP contribution in [0.25, 0.3) is 0 Å². The van der Waals surface area contributed by atoms with Crippen molar-refractivity contribution in [2.45, 2.75) is 47.2 Å². The van der Waals surface area contributed by atoms with Crippen LogP contribution in [0.1, 0.15) is 49.1 Å². The second-order valence-corrected chi connectivity index (χ2v) is 8.39. The molecule has 2 heterocycles. The normalized spacial score (nSPS) is 17.4. The van der Waals surface area contributed by atoms with Gasteiger partial charge in [0.1, 0.15) is 0 Å². The third-order valence-corrected chi connectivity index (χ3v) is 5.07. The lowest BCUT2D eigenvalue weighted by molar-refractivity contribution is -0.130. The number of pyridine rings is 1. The van der Waals surface area contributed by atoms with Gasteiger partial charge in [0.05, 0.1) is 11.6 Å². The number of carbonyl (C=O) groups excluding carboxylic acids is 2. The molecular weight excluding hydrogens is 352 g/mol. The van der Waals surface area contributed by atoms with Crippen molar-refractivity contribution in [2.75, 3.05) is 0 Å². The average molecular weight is 378 g/mol. The fraction of sp³-hybridized carbons (Fsp3) is 0.348. The summed E-state index contributed by atoms with van der Waals surface area (Å²) >= 11 is 0. The van der Waals surface area contributed by atoms with E-state index in [9.17, 15) is 14.7 Å². The van der Waals surface area contributed by atoms with E-state index in [4.69, 9.17) is 0 Å². The van der Waals surface area contributed by atoms with E-state index >= 15 is 0 Å². The summed E-state index contributed by atoms with van der Waals surface area (Å²) in [4.78, 5) is 31.8. The van der Waals surface area contributed by atoms with Crippen molar-refractivity contribution in [2.24, 2.45) is 5.41 Å². The fourth-order valence-corrected chi connectivity index (χ4v) is 3.49. The van der Waals surface area contributed by atoms with Gasteiger partial charge < -0.3 is 10.0 Å². The zero-order chi connectivity index (χ0) is 20.6. The van der Waals surface area contributed by atoms with Crippen LogP contribution in [-0.2, 0) is 16.1 Å². The molecule has 0 saturated heterocycles. The molecule has 1 N–H and O–H groups in total. The molecule has 0 fully saturated rings. The number of rotatable bonds is 4. The van der Waals surface area contributed by atoms with Gasteiger partial charge in [-0.2, -0.15) is 0 Å². The number of hydrogen-bond acceptors (Lipinski definition) is 4. The molecule has 3 rings (SSSR count). The van der Waals surface area contributed by atoms with Crippen LogP contribution >= 0.6 is 0 Å². The maximum Gasteiger partial charge on any atom is 0.290 e. The van der Waals surface area contributed by atoms with Crippen LogP contribution in [0.2, 0.25) is 0 Å². The van der Waals surface area contributed by atoms with Gasteiger partial charge in [0.25, 0.3) is 5.91 Å². The Balaban J connectivity index is 2.11. The van der Waals surface area contributed by atoms with Crippen LogP contribution in [0, 0.1) is 19.3 Å². The van der Waals surface area contributed by atoms with E-state index in [2.05, 4.69) is 4.98 Å². The molecule has 1 aliphatic rings. The highest BCUT2D eigenvalue weighted by Crippen LogP contribution is 2.41. The smallest absolute Gasteiger partial charge is 0.290 e. The first kappa shape index (κ1) is 19.8. The minimum atomic E-state index is -0.723. The Kier molecular flexibility index (Phi) is 5.11.